The fraction of sp³-hybridized carbons (Fsp3) is 0.400. The summed E-state index contributed by atoms with van der Waals surface area (Å²) in [4.78, 5) is 0. The molecule has 0 spiro atoms. The lowest BCUT2D eigenvalue weighted by molar-refractivity contribution is 0.443. The molecule has 0 aromatic heterocycles. The summed E-state index contributed by atoms with van der Waals surface area (Å²) >= 11 is 0. The number of phenols is 1. The monoisotopic (exact) mass is 433 g/mol. The summed E-state index contributed by atoms with van der Waals surface area (Å²) in [6.07, 6.45) is 0.931. The van der Waals surface area contributed by atoms with Crippen LogP contribution >= 0.6 is 0 Å². The lowest BCUT2D eigenvalue weighted by Crippen LogP contribution is -2.29. The first kappa shape index (κ1) is 27.3. The lowest BCUT2D eigenvalue weighted by atomic mass is 9.83. The van der Waals surface area contributed by atoms with Crippen molar-refractivity contribution in [3.63, 3.8) is 0 Å². The molecule has 0 radical (unpaired) electrons. The second kappa shape index (κ2) is 12.3. The smallest absolute Gasteiger partial charge is 0.124 e. The van der Waals surface area contributed by atoms with E-state index in [0.717, 1.165) is 28.8 Å². The highest BCUT2D eigenvalue weighted by Crippen LogP contribution is 2.40. The molecule has 2 N–H and O–H groups in total. The van der Waals surface area contributed by atoms with Gasteiger partial charge in [-0.15, -0.1) is 0 Å². The van der Waals surface area contributed by atoms with Crippen molar-refractivity contribution in [2.75, 3.05) is 5.32 Å². The van der Waals surface area contributed by atoms with Crippen LogP contribution in [0.1, 0.15) is 80.5 Å². The molecule has 0 saturated heterocycles. The molecule has 0 heterocycles. The van der Waals surface area contributed by atoms with Crippen LogP contribution in [0.2, 0.25) is 0 Å². The number of hydrogen-bond donors (Lipinski definition) is 2. The third kappa shape index (κ3) is 6.38. The van der Waals surface area contributed by atoms with Gasteiger partial charge >= 0.3 is 0 Å². The van der Waals surface area contributed by atoms with Crippen molar-refractivity contribution < 1.29 is 5.11 Å². The minimum atomic E-state index is -0.391. The van der Waals surface area contributed by atoms with Crippen molar-refractivity contribution in [2.45, 2.75) is 81.2 Å². The highest BCUT2D eigenvalue weighted by atomic mass is 16.3. The minimum Gasteiger partial charge on any atom is -0.507 e. The first-order chi connectivity index (χ1) is 15.2. The molecule has 0 aliphatic heterocycles. The van der Waals surface area contributed by atoms with Gasteiger partial charge in [0.2, 0.25) is 0 Å². The van der Waals surface area contributed by atoms with Gasteiger partial charge in [-0.1, -0.05) is 70.2 Å². The molecule has 0 bridgehead atoms. The zero-order chi connectivity index (χ0) is 24.5. The second-order valence-corrected chi connectivity index (χ2v) is 8.33. The normalized spacial score (nSPS) is 10.4. The molecule has 0 aliphatic rings. The highest BCUT2D eigenvalue weighted by molar-refractivity contribution is 5.59. The minimum absolute atomic E-state index is 0.391. The van der Waals surface area contributed by atoms with Gasteiger partial charge in [0, 0.05) is 11.3 Å². The Morgan fingerprint density at radius 3 is 1.66 bits per heavy atom. The molecule has 3 aromatic carbocycles. The van der Waals surface area contributed by atoms with Crippen LogP contribution in [0.4, 0.5) is 5.69 Å². The van der Waals surface area contributed by atoms with Crippen molar-refractivity contribution >= 4 is 5.69 Å². The van der Waals surface area contributed by atoms with Crippen LogP contribution in [0.3, 0.4) is 0 Å². The molecule has 0 amide bonds. The maximum Gasteiger partial charge on any atom is 0.124 e. The molecule has 0 saturated carbocycles. The number of benzene rings is 3. The number of hydrogen-bond acceptors (Lipinski definition) is 2. The second-order valence-electron chi connectivity index (χ2n) is 8.33. The van der Waals surface area contributed by atoms with Crippen LogP contribution in [0.5, 0.6) is 5.75 Å². The molecule has 174 valence electrons. The van der Waals surface area contributed by atoms with E-state index >= 15 is 0 Å². The number of aromatic hydroxyl groups is 1. The SMILES string of the molecule is CC.CC.Cc1c(C)c(C)c(C(C)(C)Nc2ccc(Cc3ccccc3)cc2)c(O)c1C. The van der Waals surface area contributed by atoms with E-state index in [1.54, 1.807) is 0 Å². The Bertz CT molecular complexity index is 941. The molecule has 32 heavy (non-hydrogen) atoms. The van der Waals surface area contributed by atoms with Crippen molar-refractivity contribution in [3.05, 3.63) is 93.5 Å². The predicted octanol–water partition coefficient (Wildman–Crippen LogP) is 8.62. The van der Waals surface area contributed by atoms with E-state index in [0.29, 0.717) is 5.75 Å². The van der Waals surface area contributed by atoms with Gasteiger partial charge in [0.25, 0.3) is 0 Å². The fourth-order valence-electron chi connectivity index (χ4n) is 4.02. The van der Waals surface area contributed by atoms with Crippen molar-refractivity contribution in [1.82, 2.24) is 0 Å². The molecule has 0 fully saturated rings. The summed E-state index contributed by atoms with van der Waals surface area (Å²) in [5.74, 6) is 0.402. The lowest BCUT2D eigenvalue weighted by Gasteiger charge is -2.32. The maximum absolute atomic E-state index is 10.9. The topological polar surface area (TPSA) is 32.3 Å². The molecule has 0 aliphatic carbocycles. The molecular formula is C30H43NO. The number of anilines is 1. The summed E-state index contributed by atoms with van der Waals surface area (Å²) in [5.41, 5.74) is 8.77. The van der Waals surface area contributed by atoms with Gasteiger partial charge in [0.15, 0.2) is 0 Å². The van der Waals surface area contributed by atoms with Crippen LogP contribution in [-0.4, -0.2) is 5.11 Å². The van der Waals surface area contributed by atoms with Crippen LogP contribution in [0, 0.1) is 27.7 Å². The van der Waals surface area contributed by atoms with Crippen LogP contribution in [0.25, 0.3) is 0 Å². The van der Waals surface area contributed by atoms with Gasteiger partial charge in [-0.25, -0.2) is 0 Å². The van der Waals surface area contributed by atoms with E-state index in [9.17, 15) is 5.11 Å². The quantitative estimate of drug-likeness (QED) is 0.422. The van der Waals surface area contributed by atoms with E-state index in [4.69, 9.17) is 0 Å². The summed E-state index contributed by atoms with van der Waals surface area (Å²) < 4.78 is 0. The van der Waals surface area contributed by atoms with Gasteiger partial charge in [-0.3, -0.25) is 0 Å². The molecular weight excluding hydrogens is 390 g/mol. The van der Waals surface area contributed by atoms with Crippen molar-refractivity contribution in [3.8, 4) is 5.75 Å². The molecule has 3 rings (SSSR count). The maximum atomic E-state index is 10.9. The standard InChI is InChI=1S/C26H31NO.2C2H6/c1-17-18(2)20(4)25(28)24(19(17)3)26(5,6)27-23-14-12-22(13-15-23)16-21-10-8-7-9-11-21;2*1-2/h7-15,27-28H,16H2,1-6H3;2*1-2H3. The number of phenolic OH excluding ortho intramolecular Hbond substituents is 1. The van der Waals surface area contributed by atoms with Crippen LogP contribution in [0.15, 0.2) is 54.6 Å². The largest absolute Gasteiger partial charge is 0.507 e. The molecule has 2 heteroatoms. The van der Waals surface area contributed by atoms with Crippen LogP contribution < -0.4 is 5.32 Å². The summed E-state index contributed by atoms with van der Waals surface area (Å²) in [6.45, 7) is 20.6. The summed E-state index contributed by atoms with van der Waals surface area (Å²) in [5, 5.41) is 14.5. The number of nitrogens with one attached hydrogen (secondary N) is 1. The first-order valence-corrected chi connectivity index (χ1v) is 11.9. The Hall–Kier alpha value is -2.74. The third-order valence-electron chi connectivity index (χ3n) is 5.94. The average molecular weight is 434 g/mol. The van der Waals surface area contributed by atoms with Crippen LogP contribution in [-0.2, 0) is 12.0 Å². The van der Waals surface area contributed by atoms with Gasteiger partial charge in [-0.2, -0.15) is 0 Å². The Morgan fingerprint density at radius 1 is 0.656 bits per heavy atom. The van der Waals surface area contributed by atoms with E-state index in [1.165, 1.54) is 22.3 Å². The molecule has 0 atom stereocenters. The summed E-state index contributed by atoms with van der Waals surface area (Å²) in [6, 6.07) is 19.1. The zero-order valence-corrected chi connectivity index (χ0v) is 21.9. The fourth-order valence-corrected chi connectivity index (χ4v) is 4.02. The molecule has 2 nitrogen and oxygen atoms in total. The van der Waals surface area contributed by atoms with Gasteiger partial charge < -0.3 is 10.4 Å². The van der Waals surface area contributed by atoms with E-state index < -0.39 is 5.54 Å². The Kier molecular flexibility index (Phi) is 10.5. The molecule has 3 aromatic rings. The van der Waals surface area contributed by atoms with Gasteiger partial charge in [-0.05, 0) is 93.5 Å². The zero-order valence-electron chi connectivity index (χ0n) is 21.9. The Labute approximate surface area is 196 Å². The van der Waals surface area contributed by atoms with Crippen molar-refractivity contribution in [1.29, 1.82) is 0 Å². The van der Waals surface area contributed by atoms with E-state index in [-0.39, 0.29) is 0 Å². The van der Waals surface area contributed by atoms with Gasteiger partial charge in [0.1, 0.15) is 5.75 Å². The van der Waals surface area contributed by atoms with Gasteiger partial charge in [0.05, 0.1) is 5.54 Å². The summed E-state index contributed by atoms with van der Waals surface area (Å²) in [7, 11) is 0. The Morgan fingerprint density at radius 2 is 1.12 bits per heavy atom. The first-order valence-electron chi connectivity index (χ1n) is 11.9. The predicted molar refractivity (Wildman–Crippen MR) is 142 cm³/mol. The van der Waals surface area contributed by atoms with E-state index in [1.807, 2.05) is 40.7 Å². The van der Waals surface area contributed by atoms with Crippen molar-refractivity contribution in [2.24, 2.45) is 0 Å². The number of rotatable bonds is 5. The van der Waals surface area contributed by atoms with E-state index in [2.05, 4.69) is 88.5 Å². The highest BCUT2D eigenvalue weighted by Gasteiger charge is 2.28. The average Bonchev–Trinajstić information content (AvgIpc) is 2.81. The Balaban J connectivity index is 0.00000121. The third-order valence-corrected chi connectivity index (χ3v) is 5.94. The molecule has 0 unspecified atom stereocenters.